The molecule has 0 fully saturated rings. The smallest absolute Gasteiger partial charge is 0.411 e. The second-order valence-corrected chi connectivity index (χ2v) is 4.97. The summed E-state index contributed by atoms with van der Waals surface area (Å²) in [4.78, 5) is 28.5. The largest absolute Gasteiger partial charge is 0.444 e. The molecule has 90 valence electrons. The molecule has 0 unspecified atom stereocenters. The van der Waals surface area contributed by atoms with Gasteiger partial charge in [0, 0.05) is 5.71 Å². The van der Waals surface area contributed by atoms with Gasteiger partial charge in [0.15, 0.2) is 0 Å². The molecule has 5 heteroatoms. The first kappa shape index (κ1) is 12.7. The summed E-state index contributed by atoms with van der Waals surface area (Å²) in [7, 11) is 0. The van der Waals surface area contributed by atoms with Crippen molar-refractivity contribution in [3.63, 3.8) is 0 Å². The minimum atomic E-state index is -0.553. The first-order chi connectivity index (χ1) is 7.20. The molecular weight excluding hydrogens is 208 g/mol. The molecule has 1 aliphatic rings. The molecule has 0 aromatic carbocycles. The van der Waals surface area contributed by atoms with Gasteiger partial charge in [-0.25, -0.2) is 9.79 Å². The number of hydrogen-bond acceptors (Lipinski definition) is 3. The lowest BCUT2D eigenvalue weighted by atomic mass is 10.2. The van der Waals surface area contributed by atoms with Crippen LogP contribution in [0.25, 0.3) is 0 Å². The highest BCUT2D eigenvalue weighted by molar-refractivity contribution is 6.02. The molecule has 0 aromatic rings. The van der Waals surface area contributed by atoms with E-state index >= 15 is 0 Å². The van der Waals surface area contributed by atoms with Crippen molar-refractivity contribution in [2.24, 2.45) is 4.99 Å². The van der Waals surface area contributed by atoms with Crippen molar-refractivity contribution in [2.75, 3.05) is 6.54 Å². The van der Waals surface area contributed by atoms with E-state index in [0.29, 0.717) is 12.3 Å². The van der Waals surface area contributed by atoms with Crippen molar-refractivity contribution >= 4 is 17.7 Å². The fourth-order valence-corrected chi connectivity index (χ4v) is 1.38. The highest BCUT2D eigenvalue weighted by Gasteiger charge is 2.32. The standard InChI is InChI=1S/C11H18N2O3/c1-7-6-13(8(2)9(14)12-7)10(15)16-11(3,4)5/h8H,6H2,1-5H3/t8-/m0/s1. The van der Waals surface area contributed by atoms with Crippen molar-refractivity contribution in [1.29, 1.82) is 0 Å². The fourth-order valence-electron chi connectivity index (χ4n) is 1.38. The molecule has 16 heavy (non-hydrogen) atoms. The Morgan fingerprint density at radius 2 is 2.06 bits per heavy atom. The van der Waals surface area contributed by atoms with E-state index in [4.69, 9.17) is 4.74 Å². The predicted molar refractivity (Wildman–Crippen MR) is 60.5 cm³/mol. The molecule has 0 saturated carbocycles. The van der Waals surface area contributed by atoms with Gasteiger partial charge in [0.2, 0.25) is 0 Å². The van der Waals surface area contributed by atoms with Crippen molar-refractivity contribution in [3.05, 3.63) is 0 Å². The van der Waals surface area contributed by atoms with Crippen molar-refractivity contribution < 1.29 is 14.3 Å². The van der Waals surface area contributed by atoms with Crippen molar-refractivity contribution in [1.82, 2.24) is 4.90 Å². The number of ether oxygens (including phenoxy) is 1. The maximum atomic E-state index is 11.8. The van der Waals surface area contributed by atoms with Crippen LogP contribution < -0.4 is 0 Å². The van der Waals surface area contributed by atoms with Gasteiger partial charge in [-0.2, -0.15) is 0 Å². The maximum absolute atomic E-state index is 11.8. The van der Waals surface area contributed by atoms with E-state index in [1.54, 1.807) is 34.6 Å². The Balaban J connectivity index is 2.78. The van der Waals surface area contributed by atoms with Crippen molar-refractivity contribution in [2.45, 2.75) is 46.3 Å². The monoisotopic (exact) mass is 226 g/mol. The number of aliphatic imine (C=N–C) groups is 1. The zero-order valence-corrected chi connectivity index (χ0v) is 10.4. The highest BCUT2D eigenvalue weighted by Crippen LogP contribution is 2.15. The van der Waals surface area contributed by atoms with Crippen LogP contribution >= 0.6 is 0 Å². The van der Waals surface area contributed by atoms with Gasteiger partial charge >= 0.3 is 6.09 Å². The van der Waals surface area contributed by atoms with Crippen LogP contribution in [-0.4, -0.2) is 40.8 Å². The average molecular weight is 226 g/mol. The highest BCUT2D eigenvalue weighted by atomic mass is 16.6. The topological polar surface area (TPSA) is 59.0 Å². The lowest BCUT2D eigenvalue weighted by Crippen LogP contribution is -2.50. The van der Waals surface area contributed by atoms with E-state index in [0.717, 1.165) is 0 Å². The zero-order valence-electron chi connectivity index (χ0n) is 10.4. The first-order valence-corrected chi connectivity index (χ1v) is 5.28. The van der Waals surface area contributed by atoms with Gasteiger partial charge in [-0.05, 0) is 34.6 Å². The lowest BCUT2D eigenvalue weighted by Gasteiger charge is -2.32. The molecule has 0 aliphatic carbocycles. The average Bonchev–Trinajstić information content (AvgIpc) is 2.08. The molecule has 0 N–H and O–H groups in total. The second kappa shape index (κ2) is 4.23. The molecule has 0 bridgehead atoms. The Bertz CT molecular complexity index is 342. The zero-order chi connectivity index (χ0) is 12.5. The molecule has 1 heterocycles. The van der Waals surface area contributed by atoms with Crippen LogP contribution in [0, 0.1) is 0 Å². The van der Waals surface area contributed by atoms with E-state index in [-0.39, 0.29) is 5.91 Å². The third-order valence-electron chi connectivity index (χ3n) is 2.15. The quantitative estimate of drug-likeness (QED) is 0.630. The summed E-state index contributed by atoms with van der Waals surface area (Å²) < 4.78 is 5.22. The summed E-state index contributed by atoms with van der Waals surface area (Å²) in [6.07, 6.45) is -0.470. The Labute approximate surface area is 95.5 Å². The van der Waals surface area contributed by atoms with Gasteiger partial charge < -0.3 is 4.74 Å². The van der Waals surface area contributed by atoms with Crippen LogP contribution in [0.2, 0.25) is 0 Å². The van der Waals surface area contributed by atoms with Crippen LogP contribution in [0.3, 0.4) is 0 Å². The minimum Gasteiger partial charge on any atom is -0.444 e. The van der Waals surface area contributed by atoms with Gasteiger partial charge in [-0.3, -0.25) is 9.69 Å². The summed E-state index contributed by atoms with van der Waals surface area (Å²) >= 11 is 0. The molecule has 2 amide bonds. The van der Waals surface area contributed by atoms with Gasteiger partial charge in [0.25, 0.3) is 5.91 Å². The third kappa shape index (κ3) is 3.05. The summed E-state index contributed by atoms with van der Waals surface area (Å²) in [6, 6.07) is -0.543. The first-order valence-electron chi connectivity index (χ1n) is 5.28. The van der Waals surface area contributed by atoms with Gasteiger partial charge in [0.1, 0.15) is 11.6 Å². The molecule has 1 aliphatic heterocycles. The fraction of sp³-hybridized carbons (Fsp3) is 0.727. The normalized spacial score (nSPS) is 21.8. The van der Waals surface area contributed by atoms with Crippen LogP contribution in [0.4, 0.5) is 4.79 Å². The molecule has 0 aromatic heterocycles. The summed E-state index contributed by atoms with van der Waals surface area (Å²) in [5.74, 6) is -0.297. The van der Waals surface area contributed by atoms with Crippen LogP contribution in [0.5, 0.6) is 0 Å². The van der Waals surface area contributed by atoms with E-state index in [2.05, 4.69) is 4.99 Å². The summed E-state index contributed by atoms with van der Waals surface area (Å²) in [6.45, 7) is 9.11. The summed E-state index contributed by atoms with van der Waals surface area (Å²) in [5, 5.41) is 0. The molecule has 0 radical (unpaired) electrons. The Kier molecular flexibility index (Phi) is 3.35. The van der Waals surface area contributed by atoms with Gasteiger partial charge in [-0.15, -0.1) is 0 Å². The minimum absolute atomic E-state index is 0.297. The Morgan fingerprint density at radius 1 is 1.50 bits per heavy atom. The molecular formula is C11H18N2O3. The molecule has 1 rings (SSSR count). The van der Waals surface area contributed by atoms with Crippen LogP contribution in [0.1, 0.15) is 34.6 Å². The SMILES string of the molecule is CC1=NC(=O)[C@H](C)N(C(=O)OC(C)(C)C)C1. The molecule has 0 spiro atoms. The number of hydrogen-bond donors (Lipinski definition) is 0. The van der Waals surface area contributed by atoms with E-state index in [9.17, 15) is 9.59 Å². The number of rotatable bonds is 0. The molecule has 5 nitrogen and oxygen atoms in total. The van der Waals surface area contributed by atoms with E-state index in [1.807, 2.05) is 0 Å². The van der Waals surface area contributed by atoms with Crippen molar-refractivity contribution in [3.8, 4) is 0 Å². The van der Waals surface area contributed by atoms with Crippen LogP contribution in [-0.2, 0) is 9.53 Å². The van der Waals surface area contributed by atoms with Gasteiger partial charge in [0.05, 0.1) is 6.54 Å². The number of carbonyl (C=O) groups is 2. The number of carbonyl (C=O) groups excluding carboxylic acids is 2. The number of nitrogens with zero attached hydrogens (tertiary/aromatic N) is 2. The Morgan fingerprint density at radius 3 is 2.56 bits per heavy atom. The maximum Gasteiger partial charge on any atom is 0.411 e. The molecule has 0 saturated heterocycles. The number of amides is 2. The van der Waals surface area contributed by atoms with E-state index in [1.165, 1.54) is 4.90 Å². The van der Waals surface area contributed by atoms with E-state index < -0.39 is 17.7 Å². The summed E-state index contributed by atoms with van der Waals surface area (Å²) in [5.41, 5.74) is 0.0801. The Hall–Kier alpha value is -1.39. The predicted octanol–water partition coefficient (Wildman–Crippen LogP) is 1.61. The third-order valence-corrected chi connectivity index (χ3v) is 2.15. The van der Waals surface area contributed by atoms with Crippen LogP contribution in [0.15, 0.2) is 4.99 Å². The second-order valence-electron chi connectivity index (χ2n) is 4.97. The molecule has 1 atom stereocenters. The lowest BCUT2D eigenvalue weighted by molar-refractivity contribution is -0.122. The van der Waals surface area contributed by atoms with Gasteiger partial charge in [-0.1, -0.05) is 0 Å².